The predicted molar refractivity (Wildman–Crippen MR) is 47.0 cm³/mol. The van der Waals surface area contributed by atoms with Gasteiger partial charge in [-0.1, -0.05) is 0 Å². The number of alkyl halides is 4. The van der Waals surface area contributed by atoms with E-state index in [-0.39, 0.29) is 6.54 Å². The molecule has 0 heterocycles. The first-order chi connectivity index (χ1) is 6.42. The summed E-state index contributed by atoms with van der Waals surface area (Å²) in [6.07, 6.45) is -1.66. The van der Waals surface area contributed by atoms with Gasteiger partial charge in [-0.2, -0.15) is 20.5 Å². The highest BCUT2D eigenvalue weighted by Crippen LogP contribution is 2.22. The van der Waals surface area contributed by atoms with Crippen LogP contribution in [-0.2, 0) is 4.79 Å². The Hall–Kier alpha value is -0.460. The molecule has 0 atom stereocenters. The first-order valence-electron chi connectivity index (χ1n) is 3.86. The molecule has 0 aliphatic rings. The zero-order valence-electron chi connectivity index (χ0n) is 7.53. The van der Waals surface area contributed by atoms with E-state index in [9.17, 15) is 22.4 Å². The second-order valence-electron chi connectivity index (χ2n) is 2.53. The van der Waals surface area contributed by atoms with Crippen molar-refractivity contribution < 1.29 is 22.4 Å². The number of halogens is 4. The summed E-state index contributed by atoms with van der Waals surface area (Å²) in [5, 5.41) is 1.76. The van der Waals surface area contributed by atoms with Gasteiger partial charge in [-0.3, -0.25) is 4.79 Å². The highest BCUT2D eigenvalue weighted by atomic mass is 32.2. The molecule has 0 spiro atoms. The SMILES string of the molecule is CSCCCNC(=O)C(F)(F)C(F)F. The van der Waals surface area contributed by atoms with Crippen LogP contribution in [0.4, 0.5) is 17.6 Å². The summed E-state index contributed by atoms with van der Waals surface area (Å²) in [5.74, 6) is -5.81. The fraction of sp³-hybridized carbons (Fsp3) is 0.857. The van der Waals surface area contributed by atoms with Gasteiger partial charge < -0.3 is 5.32 Å². The summed E-state index contributed by atoms with van der Waals surface area (Å²) in [6, 6.07) is 0. The predicted octanol–water partition coefficient (Wildman–Crippen LogP) is 1.76. The summed E-state index contributed by atoms with van der Waals surface area (Å²) < 4.78 is 47.8. The number of hydrogen-bond acceptors (Lipinski definition) is 2. The monoisotopic (exact) mass is 233 g/mol. The number of amides is 1. The summed E-state index contributed by atoms with van der Waals surface area (Å²) in [7, 11) is 0. The first kappa shape index (κ1) is 13.5. The van der Waals surface area contributed by atoms with Gasteiger partial charge in [0.1, 0.15) is 0 Å². The van der Waals surface area contributed by atoms with Crippen LogP contribution in [-0.4, -0.2) is 36.8 Å². The van der Waals surface area contributed by atoms with Crippen molar-refractivity contribution in [3.8, 4) is 0 Å². The third-order valence-corrected chi connectivity index (χ3v) is 2.08. The Morgan fingerprint density at radius 3 is 2.50 bits per heavy atom. The third-order valence-electron chi connectivity index (χ3n) is 1.39. The van der Waals surface area contributed by atoms with Gasteiger partial charge in [0, 0.05) is 6.54 Å². The van der Waals surface area contributed by atoms with Gasteiger partial charge in [-0.25, -0.2) is 8.78 Å². The van der Waals surface area contributed by atoms with Crippen molar-refractivity contribution in [3.63, 3.8) is 0 Å². The molecule has 0 aromatic carbocycles. The van der Waals surface area contributed by atoms with E-state index in [2.05, 4.69) is 0 Å². The lowest BCUT2D eigenvalue weighted by Gasteiger charge is -2.14. The minimum absolute atomic E-state index is 0.0119. The van der Waals surface area contributed by atoms with E-state index in [1.807, 2.05) is 6.26 Å². The van der Waals surface area contributed by atoms with Gasteiger partial charge in [0.2, 0.25) is 0 Å². The quantitative estimate of drug-likeness (QED) is 0.559. The van der Waals surface area contributed by atoms with Crippen LogP contribution in [0.25, 0.3) is 0 Å². The lowest BCUT2D eigenvalue weighted by Crippen LogP contribution is -2.45. The summed E-state index contributed by atoms with van der Waals surface area (Å²) >= 11 is 1.48. The molecule has 0 radical (unpaired) electrons. The van der Waals surface area contributed by atoms with Crippen molar-refractivity contribution in [1.82, 2.24) is 5.32 Å². The van der Waals surface area contributed by atoms with Crippen LogP contribution in [0.3, 0.4) is 0 Å². The van der Waals surface area contributed by atoms with Crippen LogP contribution in [0.2, 0.25) is 0 Å². The van der Waals surface area contributed by atoms with Crippen molar-refractivity contribution in [1.29, 1.82) is 0 Å². The molecule has 0 aliphatic carbocycles. The maximum Gasteiger partial charge on any atom is 0.383 e. The zero-order chi connectivity index (χ0) is 11.2. The van der Waals surface area contributed by atoms with Crippen molar-refractivity contribution in [2.75, 3.05) is 18.6 Å². The topological polar surface area (TPSA) is 29.1 Å². The van der Waals surface area contributed by atoms with Gasteiger partial charge in [-0.15, -0.1) is 0 Å². The van der Waals surface area contributed by atoms with E-state index >= 15 is 0 Å². The smallest absolute Gasteiger partial charge is 0.351 e. The molecule has 0 unspecified atom stereocenters. The average Bonchev–Trinajstić information content (AvgIpc) is 2.11. The van der Waals surface area contributed by atoms with Crippen LogP contribution in [0.15, 0.2) is 0 Å². The number of nitrogens with one attached hydrogen (secondary N) is 1. The third kappa shape index (κ3) is 4.17. The molecule has 1 amide bonds. The van der Waals surface area contributed by atoms with Crippen LogP contribution in [0.5, 0.6) is 0 Å². The second-order valence-corrected chi connectivity index (χ2v) is 3.51. The molecule has 0 rings (SSSR count). The molecule has 7 heteroatoms. The lowest BCUT2D eigenvalue weighted by atomic mass is 10.3. The molecule has 1 N–H and O–H groups in total. The Labute approximate surface area is 83.4 Å². The van der Waals surface area contributed by atoms with Crippen molar-refractivity contribution in [3.05, 3.63) is 0 Å². The largest absolute Gasteiger partial charge is 0.383 e. The number of rotatable bonds is 6. The zero-order valence-corrected chi connectivity index (χ0v) is 8.34. The number of carbonyl (C=O) groups excluding carboxylic acids is 1. The van der Waals surface area contributed by atoms with E-state index in [0.717, 1.165) is 0 Å². The molecule has 2 nitrogen and oxygen atoms in total. The summed E-state index contributed by atoms with van der Waals surface area (Å²) in [6.45, 7) is -0.0119. The number of carbonyl (C=O) groups is 1. The molecule has 0 bridgehead atoms. The molecule has 0 aromatic rings. The standard InChI is InChI=1S/C7H11F4NOS/c1-14-4-2-3-12-6(13)7(10,11)5(8)9/h5H,2-4H2,1H3,(H,12,13). The minimum Gasteiger partial charge on any atom is -0.351 e. The fourth-order valence-electron chi connectivity index (χ4n) is 0.635. The highest BCUT2D eigenvalue weighted by Gasteiger charge is 2.48. The van der Waals surface area contributed by atoms with Gasteiger partial charge in [-0.05, 0) is 18.4 Å². The molecule has 0 fully saturated rings. The molecule has 0 saturated heterocycles. The molecule has 14 heavy (non-hydrogen) atoms. The Morgan fingerprint density at radius 2 is 2.07 bits per heavy atom. The van der Waals surface area contributed by atoms with E-state index in [1.165, 1.54) is 11.8 Å². The summed E-state index contributed by atoms with van der Waals surface area (Å²) in [4.78, 5) is 10.5. The maximum atomic E-state index is 12.3. The van der Waals surface area contributed by atoms with E-state index < -0.39 is 18.3 Å². The molecule has 0 aromatic heterocycles. The van der Waals surface area contributed by atoms with Crippen LogP contribution in [0.1, 0.15) is 6.42 Å². The summed E-state index contributed by atoms with van der Waals surface area (Å²) in [5.41, 5.74) is 0. The normalized spacial score (nSPS) is 11.9. The molecule has 0 aliphatic heterocycles. The van der Waals surface area contributed by atoms with Crippen molar-refractivity contribution in [2.45, 2.75) is 18.8 Å². The molecular weight excluding hydrogens is 222 g/mol. The average molecular weight is 233 g/mol. The number of thioether (sulfide) groups is 1. The minimum atomic E-state index is -4.58. The molecular formula is C7H11F4NOS. The fourth-order valence-corrected chi connectivity index (χ4v) is 1.07. The highest BCUT2D eigenvalue weighted by molar-refractivity contribution is 7.98. The van der Waals surface area contributed by atoms with Gasteiger partial charge in [0.05, 0.1) is 0 Å². The first-order valence-corrected chi connectivity index (χ1v) is 5.25. The van der Waals surface area contributed by atoms with Crippen molar-refractivity contribution in [2.24, 2.45) is 0 Å². The Bertz CT molecular complexity index is 189. The lowest BCUT2D eigenvalue weighted by molar-refractivity contribution is -0.169. The van der Waals surface area contributed by atoms with E-state index in [0.29, 0.717) is 12.2 Å². The van der Waals surface area contributed by atoms with E-state index in [4.69, 9.17) is 0 Å². The molecule has 84 valence electrons. The second kappa shape index (κ2) is 6.10. The molecule has 0 saturated carbocycles. The van der Waals surface area contributed by atoms with Gasteiger partial charge in [0.15, 0.2) is 0 Å². The van der Waals surface area contributed by atoms with E-state index in [1.54, 1.807) is 5.32 Å². The van der Waals surface area contributed by atoms with Crippen LogP contribution >= 0.6 is 11.8 Å². The van der Waals surface area contributed by atoms with Gasteiger partial charge in [0.25, 0.3) is 5.91 Å². The maximum absolute atomic E-state index is 12.3. The van der Waals surface area contributed by atoms with Gasteiger partial charge >= 0.3 is 12.3 Å². The van der Waals surface area contributed by atoms with Crippen LogP contribution < -0.4 is 5.32 Å². The number of hydrogen-bond donors (Lipinski definition) is 1. The van der Waals surface area contributed by atoms with Crippen LogP contribution in [0, 0.1) is 0 Å². The Balaban J connectivity index is 3.84. The Morgan fingerprint density at radius 1 is 1.50 bits per heavy atom. The Kier molecular flexibility index (Phi) is 5.90. The van der Waals surface area contributed by atoms with Crippen molar-refractivity contribution >= 4 is 17.7 Å².